The molecule has 174 valence electrons. The molecular weight excluding hydrogens is 440 g/mol. The molecule has 10 nitrogen and oxygen atoms in total. The number of benzene rings is 3. The lowest BCUT2D eigenvalue weighted by molar-refractivity contribution is 0.0943. The topological polar surface area (TPSA) is 164 Å². The predicted molar refractivity (Wildman–Crippen MR) is 125 cm³/mol. The van der Waals surface area contributed by atoms with Crippen molar-refractivity contribution >= 4 is 23.2 Å². The Kier molecular flexibility index (Phi) is 7.12. The molecule has 10 heteroatoms. The lowest BCUT2D eigenvalue weighted by Crippen LogP contribution is -2.21. The Morgan fingerprint density at radius 1 is 0.618 bits per heavy atom. The number of phenols is 4. The van der Waals surface area contributed by atoms with Crippen molar-refractivity contribution in [2.24, 2.45) is 10.2 Å². The van der Waals surface area contributed by atoms with Crippen LogP contribution >= 0.6 is 0 Å². The molecule has 0 unspecified atom stereocenters. The Labute approximate surface area is 194 Å². The fourth-order valence-corrected chi connectivity index (χ4v) is 2.94. The molecule has 3 rings (SSSR count). The standard InChI is InChI=1S/C24H22N4O6/c1-13(19-9-7-17(29)11-21(19)31)25-27-23(33)15-3-5-16(6-4-15)24(34)28-26-14(2)20-10-8-18(30)12-22(20)32/h3-12,29-32H,1-2H3,(H,27,33)(H,28,34). The molecule has 2 amide bonds. The predicted octanol–water partition coefficient (Wildman–Crippen LogP) is 2.82. The quantitative estimate of drug-likeness (QED) is 0.244. The number of carbonyl (C=O) groups excluding carboxylic acids is 2. The van der Waals surface area contributed by atoms with Crippen LogP contribution in [-0.2, 0) is 0 Å². The van der Waals surface area contributed by atoms with Crippen LogP contribution in [0.3, 0.4) is 0 Å². The van der Waals surface area contributed by atoms with Crippen molar-refractivity contribution in [1.29, 1.82) is 0 Å². The summed E-state index contributed by atoms with van der Waals surface area (Å²) in [6, 6.07) is 13.8. The maximum Gasteiger partial charge on any atom is 0.271 e. The number of rotatable bonds is 6. The monoisotopic (exact) mass is 462 g/mol. The molecule has 0 atom stereocenters. The van der Waals surface area contributed by atoms with Crippen molar-refractivity contribution in [2.75, 3.05) is 0 Å². The van der Waals surface area contributed by atoms with E-state index in [2.05, 4.69) is 21.1 Å². The molecule has 3 aromatic carbocycles. The number of phenolic OH excluding ortho intramolecular Hbond substituents is 4. The van der Waals surface area contributed by atoms with E-state index in [0.29, 0.717) is 22.6 Å². The van der Waals surface area contributed by atoms with Gasteiger partial charge in [0.1, 0.15) is 23.0 Å². The average Bonchev–Trinajstić information content (AvgIpc) is 2.80. The summed E-state index contributed by atoms with van der Waals surface area (Å²) in [6.45, 7) is 3.17. The highest BCUT2D eigenvalue weighted by molar-refractivity contribution is 6.04. The lowest BCUT2D eigenvalue weighted by atomic mass is 10.1. The summed E-state index contributed by atoms with van der Waals surface area (Å²) in [7, 11) is 0. The van der Waals surface area contributed by atoms with E-state index in [1.807, 2.05) is 0 Å². The molecule has 0 fully saturated rings. The van der Waals surface area contributed by atoms with Gasteiger partial charge in [-0.05, 0) is 62.4 Å². The first kappa shape index (κ1) is 23.8. The fraction of sp³-hybridized carbons (Fsp3) is 0.0833. The number of nitrogens with one attached hydrogen (secondary N) is 2. The lowest BCUT2D eigenvalue weighted by Gasteiger charge is -2.07. The molecule has 0 saturated carbocycles. The summed E-state index contributed by atoms with van der Waals surface area (Å²) < 4.78 is 0. The first-order chi connectivity index (χ1) is 16.2. The van der Waals surface area contributed by atoms with Gasteiger partial charge in [0, 0.05) is 34.4 Å². The summed E-state index contributed by atoms with van der Waals surface area (Å²) in [5.41, 5.74) is 6.58. The third-order valence-corrected chi connectivity index (χ3v) is 4.80. The van der Waals surface area contributed by atoms with Crippen LogP contribution in [0.2, 0.25) is 0 Å². The summed E-state index contributed by atoms with van der Waals surface area (Å²) in [5, 5.41) is 46.4. The van der Waals surface area contributed by atoms with Gasteiger partial charge in [0.05, 0.1) is 11.4 Å². The summed E-state index contributed by atoms with van der Waals surface area (Å²) in [6.07, 6.45) is 0. The second-order valence-corrected chi connectivity index (χ2v) is 7.26. The number of nitrogens with zero attached hydrogens (tertiary/aromatic N) is 2. The molecule has 3 aromatic rings. The molecule has 0 aliphatic heterocycles. The summed E-state index contributed by atoms with van der Waals surface area (Å²) in [5.74, 6) is -1.60. The highest BCUT2D eigenvalue weighted by atomic mass is 16.3. The van der Waals surface area contributed by atoms with Gasteiger partial charge in [-0.3, -0.25) is 9.59 Å². The van der Waals surface area contributed by atoms with Crippen LogP contribution in [0, 0.1) is 0 Å². The summed E-state index contributed by atoms with van der Waals surface area (Å²) >= 11 is 0. The van der Waals surface area contributed by atoms with Crippen LogP contribution in [0.15, 0.2) is 70.9 Å². The van der Waals surface area contributed by atoms with Crippen LogP contribution in [0.1, 0.15) is 45.7 Å². The minimum Gasteiger partial charge on any atom is -0.508 e. The zero-order chi connectivity index (χ0) is 24.8. The molecule has 6 N–H and O–H groups in total. The van der Waals surface area contributed by atoms with Crippen molar-refractivity contribution in [2.45, 2.75) is 13.8 Å². The molecule has 0 bridgehead atoms. The molecule has 0 aromatic heterocycles. The van der Waals surface area contributed by atoms with Crippen molar-refractivity contribution in [3.05, 3.63) is 82.9 Å². The molecule has 0 saturated heterocycles. The van der Waals surface area contributed by atoms with E-state index in [0.717, 1.165) is 0 Å². The van der Waals surface area contributed by atoms with Crippen LogP contribution in [-0.4, -0.2) is 43.7 Å². The Morgan fingerprint density at radius 3 is 1.29 bits per heavy atom. The fourth-order valence-electron chi connectivity index (χ4n) is 2.94. The SMILES string of the molecule is CC(=NNC(=O)c1ccc(C(=O)NN=C(C)c2ccc(O)cc2O)cc1)c1ccc(O)cc1O. The van der Waals surface area contributed by atoms with Crippen molar-refractivity contribution in [3.8, 4) is 23.0 Å². The molecule has 0 aliphatic carbocycles. The van der Waals surface area contributed by atoms with E-state index in [-0.39, 0.29) is 34.1 Å². The van der Waals surface area contributed by atoms with Crippen molar-refractivity contribution in [1.82, 2.24) is 10.9 Å². The van der Waals surface area contributed by atoms with E-state index in [1.54, 1.807) is 13.8 Å². The number of hydrogen-bond acceptors (Lipinski definition) is 8. The van der Waals surface area contributed by atoms with Gasteiger partial charge in [0.15, 0.2) is 0 Å². The molecule has 0 heterocycles. The zero-order valence-electron chi connectivity index (χ0n) is 18.3. The van der Waals surface area contributed by atoms with Gasteiger partial charge in [0.25, 0.3) is 11.8 Å². The highest BCUT2D eigenvalue weighted by Crippen LogP contribution is 2.24. The molecule has 0 spiro atoms. The van der Waals surface area contributed by atoms with Gasteiger partial charge < -0.3 is 20.4 Å². The van der Waals surface area contributed by atoms with Gasteiger partial charge >= 0.3 is 0 Å². The third-order valence-electron chi connectivity index (χ3n) is 4.80. The number of amides is 2. The Hall–Kier alpha value is -4.86. The molecular formula is C24H22N4O6. The first-order valence-electron chi connectivity index (χ1n) is 9.99. The van der Waals surface area contributed by atoms with Crippen LogP contribution < -0.4 is 10.9 Å². The smallest absolute Gasteiger partial charge is 0.271 e. The molecule has 34 heavy (non-hydrogen) atoms. The minimum atomic E-state index is -0.527. The zero-order valence-corrected chi connectivity index (χ0v) is 18.3. The van der Waals surface area contributed by atoms with E-state index in [9.17, 15) is 30.0 Å². The van der Waals surface area contributed by atoms with E-state index in [1.165, 1.54) is 60.7 Å². The van der Waals surface area contributed by atoms with Gasteiger partial charge in [-0.25, -0.2) is 10.9 Å². The average molecular weight is 462 g/mol. The number of hydrogen-bond donors (Lipinski definition) is 6. The summed E-state index contributed by atoms with van der Waals surface area (Å²) in [4.78, 5) is 24.7. The Morgan fingerprint density at radius 2 is 0.971 bits per heavy atom. The Balaban J connectivity index is 1.63. The highest BCUT2D eigenvalue weighted by Gasteiger charge is 2.11. The maximum absolute atomic E-state index is 12.3. The number of hydrazone groups is 2. The first-order valence-corrected chi connectivity index (χ1v) is 9.99. The van der Waals surface area contributed by atoms with Gasteiger partial charge in [0.2, 0.25) is 0 Å². The second kappa shape index (κ2) is 10.2. The second-order valence-electron chi connectivity index (χ2n) is 7.26. The van der Waals surface area contributed by atoms with Gasteiger partial charge in [-0.15, -0.1) is 0 Å². The molecule has 0 radical (unpaired) electrons. The number of aromatic hydroxyl groups is 4. The minimum absolute atomic E-state index is 0.0958. The van der Waals surface area contributed by atoms with Crippen molar-refractivity contribution < 1.29 is 30.0 Å². The van der Waals surface area contributed by atoms with Gasteiger partial charge in [-0.1, -0.05) is 0 Å². The van der Waals surface area contributed by atoms with E-state index >= 15 is 0 Å². The van der Waals surface area contributed by atoms with E-state index < -0.39 is 11.8 Å². The number of carbonyl (C=O) groups is 2. The Bertz CT molecular complexity index is 1200. The van der Waals surface area contributed by atoms with Crippen molar-refractivity contribution in [3.63, 3.8) is 0 Å². The van der Waals surface area contributed by atoms with Gasteiger partial charge in [-0.2, -0.15) is 10.2 Å². The molecule has 0 aliphatic rings. The maximum atomic E-state index is 12.3. The third kappa shape index (κ3) is 5.68. The van der Waals surface area contributed by atoms with Crippen LogP contribution in [0.4, 0.5) is 0 Å². The largest absolute Gasteiger partial charge is 0.508 e. The van der Waals surface area contributed by atoms with E-state index in [4.69, 9.17) is 0 Å². The normalized spacial score (nSPS) is 11.7. The van der Waals surface area contributed by atoms with Crippen LogP contribution in [0.5, 0.6) is 23.0 Å². The van der Waals surface area contributed by atoms with Crippen LogP contribution in [0.25, 0.3) is 0 Å².